The minimum atomic E-state index is 0.522. The maximum Gasteiger partial charge on any atom is 0.0718 e. The van der Waals surface area contributed by atoms with E-state index in [9.17, 15) is 0 Å². The van der Waals surface area contributed by atoms with Gasteiger partial charge < -0.3 is 5.32 Å². The molecule has 1 unspecified atom stereocenters. The summed E-state index contributed by atoms with van der Waals surface area (Å²) in [6, 6.07) is 9.11. The van der Waals surface area contributed by atoms with Crippen LogP contribution in [0.25, 0.3) is 10.9 Å². The first kappa shape index (κ1) is 16.0. The van der Waals surface area contributed by atoms with E-state index in [2.05, 4.69) is 62.0 Å². The normalized spacial score (nSPS) is 13.2. The van der Waals surface area contributed by atoms with Crippen molar-refractivity contribution in [3.63, 3.8) is 0 Å². The molecule has 21 heavy (non-hydrogen) atoms. The van der Waals surface area contributed by atoms with Gasteiger partial charge in [-0.25, -0.2) is 0 Å². The van der Waals surface area contributed by atoms with E-state index in [1.807, 2.05) is 0 Å². The molecule has 1 N–H and O–H groups in total. The highest BCUT2D eigenvalue weighted by atomic mass is 15.3. The quantitative estimate of drug-likeness (QED) is 0.795. The number of benzene rings is 1. The molecule has 0 spiro atoms. The summed E-state index contributed by atoms with van der Waals surface area (Å²) in [6.07, 6.45) is 3.40. The smallest absolute Gasteiger partial charge is 0.0718 e. The maximum absolute atomic E-state index is 4.84. The van der Waals surface area contributed by atoms with Crippen molar-refractivity contribution in [2.75, 3.05) is 6.54 Å². The third-order valence-electron chi connectivity index (χ3n) is 3.91. The molecular weight excluding hydrogens is 258 g/mol. The lowest BCUT2D eigenvalue weighted by molar-refractivity contribution is 0.413. The molecule has 0 aliphatic carbocycles. The van der Waals surface area contributed by atoms with Crippen molar-refractivity contribution in [3.8, 4) is 0 Å². The van der Waals surface area contributed by atoms with E-state index in [1.54, 1.807) is 0 Å². The molecular formula is C18H29N3. The third-order valence-corrected chi connectivity index (χ3v) is 3.91. The van der Waals surface area contributed by atoms with Crippen molar-refractivity contribution in [1.29, 1.82) is 0 Å². The summed E-state index contributed by atoms with van der Waals surface area (Å²) in [5, 5.41) is 9.84. The number of fused-ring (bicyclic) bond motifs is 1. The zero-order chi connectivity index (χ0) is 15.2. The number of rotatable bonds is 8. The molecule has 1 heterocycles. The number of para-hydroxylation sites is 1. The Labute approximate surface area is 128 Å². The first-order chi connectivity index (χ1) is 10.2. The fourth-order valence-electron chi connectivity index (χ4n) is 2.98. The summed E-state index contributed by atoms with van der Waals surface area (Å²) in [6.45, 7) is 11.0. The van der Waals surface area contributed by atoms with Crippen molar-refractivity contribution in [2.24, 2.45) is 5.92 Å². The molecule has 0 fully saturated rings. The molecule has 1 aromatic carbocycles. The molecule has 3 heteroatoms. The summed E-state index contributed by atoms with van der Waals surface area (Å²) in [4.78, 5) is 0. The van der Waals surface area contributed by atoms with Crippen LogP contribution in [0.15, 0.2) is 24.3 Å². The second-order valence-electron chi connectivity index (χ2n) is 6.26. The molecule has 0 saturated carbocycles. The fraction of sp³-hybridized carbons (Fsp3) is 0.611. The fourth-order valence-corrected chi connectivity index (χ4v) is 2.98. The van der Waals surface area contributed by atoms with Gasteiger partial charge in [0.15, 0.2) is 0 Å². The largest absolute Gasteiger partial charge is 0.314 e. The van der Waals surface area contributed by atoms with Crippen LogP contribution in [0.4, 0.5) is 0 Å². The average molecular weight is 287 g/mol. The summed E-state index contributed by atoms with van der Waals surface area (Å²) in [5.41, 5.74) is 2.50. The van der Waals surface area contributed by atoms with Crippen LogP contribution in [-0.4, -0.2) is 22.4 Å². The Morgan fingerprint density at radius 1 is 1.19 bits per heavy atom. The van der Waals surface area contributed by atoms with Gasteiger partial charge in [0, 0.05) is 24.4 Å². The van der Waals surface area contributed by atoms with Gasteiger partial charge in [0.25, 0.3) is 0 Å². The van der Waals surface area contributed by atoms with Gasteiger partial charge in [-0.3, -0.25) is 4.68 Å². The molecule has 0 bridgehead atoms. The van der Waals surface area contributed by atoms with Gasteiger partial charge >= 0.3 is 0 Å². The standard InChI is InChI=1S/C18H29N3/c1-5-11-19-15(12-14(3)4)13-17-16-9-7-8-10-18(16)21(6-2)20-17/h7-10,14-15,19H,5-6,11-13H2,1-4H3. The van der Waals surface area contributed by atoms with E-state index in [0.717, 1.165) is 19.5 Å². The van der Waals surface area contributed by atoms with E-state index in [0.29, 0.717) is 12.0 Å². The first-order valence-corrected chi connectivity index (χ1v) is 8.33. The van der Waals surface area contributed by atoms with Crippen molar-refractivity contribution >= 4 is 10.9 Å². The molecule has 0 amide bonds. The predicted octanol–water partition coefficient (Wildman–Crippen LogP) is 4.01. The SMILES string of the molecule is CCCNC(Cc1nn(CC)c2ccccc12)CC(C)C. The zero-order valence-corrected chi connectivity index (χ0v) is 13.9. The van der Waals surface area contributed by atoms with Gasteiger partial charge in [0.2, 0.25) is 0 Å². The molecule has 0 radical (unpaired) electrons. The number of aromatic nitrogens is 2. The number of aryl methyl sites for hydroxylation is 1. The summed E-state index contributed by atoms with van der Waals surface area (Å²) in [5.74, 6) is 0.707. The molecule has 3 nitrogen and oxygen atoms in total. The number of hydrogen-bond acceptors (Lipinski definition) is 2. The van der Waals surface area contributed by atoms with Gasteiger partial charge in [0.05, 0.1) is 11.2 Å². The molecule has 0 saturated heterocycles. The lowest BCUT2D eigenvalue weighted by atomic mass is 9.98. The summed E-state index contributed by atoms with van der Waals surface area (Å²) in [7, 11) is 0. The molecule has 0 aliphatic heterocycles. The molecule has 1 atom stereocenters. The topological polar surface area (TPSA) is 29.9 Å². The molecule has 2 aromatic rings. The van der Waals surface area contributed by atoms with Gasteiger partial charge in [-0.15, -0.1) is 0 Å². The number of nitrogens with one attached hydrogen (secondary N) is 1. The van der Waals surface area contributed by atoms with Crippen LogP contribution in [0.2, 0.25) is 0 Å². The van der Waals surface area contributed by atoms with Gasteiger partial charge in [-0.1, -0.05) is 39.0 Å². The van der Waals surface area contributed by atoms with Crippen molar-refractivity contribution in [1.82, 2.24) is 15.1 Å². The van der Waals surface area contributed by atoms with Crippen LogP contribution in [0.3, 0.4) is 0 Å². The maximum atomic E-state index is 4.84. The van der Waals surface area contributed by atoms with Crippen molar-refractivity contribution in [3.05, 3.63) is 30.0 Å². The van der Waals surface area contributed by atoms with Crippen LogP contribution < -0.4 is 5.32 Å². The Morgan fingerprint density at radius 3 is 2.62 bits per heavy atom. The Bertz CT molecular complexity index is 557. The van der Waals surface area contributed by atoms with Crippen LogP contribution >= 0.6 is 0 Å². The highest BCUT2D eigenvalue weighted by Crippen LogP contribution is 2.21. The highest BCUT2D eigenvalue weighted by molar-refractivity contribution is 5.82. The van der Waals surface area contributed by atoms with Crippen molar-refractivity contribution in [2.45, 2.75) is 59.5 Å². The number of hydrogen-bond donors (Lipinski definition) is 1. The molecule has 0 aliphatic rings. The lowest BCUT2D eigenvalue weighted by Gasteiger charge is -2.19. The Morgan fingerprint density at radius 2 is 1.95 bits per heavy atom. The van der Waals surface area contributed by atoms with Crippen LogP contribution in [0.5, 0.6) is 0 Å². The first-order valence-electron chi connectivity index (χ1n) is 8.33. The van der Waals surface area contributed by atoms with Crippen LogP contribution in [0, 0.1) is 5.92 Å². The molecule has 1 aromatic heterocycles. The second kappa shape index (κ2) is 7.60. The Hall–Kier alpha value is -1.35. The minimum absolute atomic E-state index is 0.522. The highest BCUT2D eigenvalue weighted by Gasteiger charge is 2.16. The summed E-state index contributed by atoms with van der Waals surface area (Å²) >= 11 is 0. The van der Waals surface area contributed by atoms with Crippen molar-refractivity contribution < 1.29 is 0 Å². The van der Waals surface area contributed by atoms with E-state index >= 15 is 0 Å². The minimum Gasteiger partial charge on any atom is -0.314 e. The average Bonchev–Trinajstić information content (AvgIpc) is 2.82. The van der Waals surface area contributed by atoms with Gasteiger partial charge in [0.1, 0.15) is 0 Å². The monoisotopic (exact) mass is 287 g/mol. The molecule has 2 rings (SSSR count). The van der Waals surface area contributed by atoms with Crippen LogP contribution in [-0.2, 0) is 13.0 Å². The van der Waals surface area contributed by atoms with Gasteiger partial charge in [-0.2, -0.15) is 5.10 Å². The van der Waals surface area contributed by atoms with E-state index in [-0.39, 0.29) is 0 Å². The lowest BCUT2D eigenvalue weighted by Crippen LogP contribution is -2.33. The van der Waals surface area contributed by atoms with Crippen LogP contribution in [0.1, 0.15) is 46.2 Å². The Kier molecular flexibility index (Phi) is 5.80. The third kappa shape index (κ3) is 4.07. The van der Waals surface area contributed by atoms with E-state index < -0.39 is 0 Å². The van der Waals surface area contributed by atoms with E-state index in [4.69, 9.17) is 5.10 Å². The zero-order valence-electron chi connectivity index (χ0n) is 13.9. The van der Waals surface area contributed by atoms with Gasteiger partial charge in [-0.05, 0) is 38.3 Å². The Balaban J connectivity index is 2.23. The summed E-state index contributed by atoms with van der Waals surface area (Å²) < 4.78 is 2.12. The van der Waals surface area contributed by atoms with E-state index in [1.165, 1.54) is 29.4 Å². The molecule has 116 valence electrons. The predicted molar refractivity (Wildman–Crippen MR) is 90.6 cm³/mol. The number of nitrogens with zero attached hydrogens (tertiary/aromatic N) is 2. The second-order valence-corrected chi connectivity index (χ2v) is 6.26.